The third-order valence-corrected chi connectivity index (χ3v) is 13.7. The summed E-state index contributed by atoms with van der Waals surface area (Å²) in [5, 5.41) is 15.5. The highest BCUT2D eigenvalue weighted by molar-refractivity contribution is 5.96. The van der Waals surface area contributed by atoms with E-state index >= 15 is 0 Å². The molecule has 0 aliphatic carbocycles. The topological polar surface area (TPSA) is 176 Å². The molecular formula is C52H67N7O8. The molecule has 6 atom stereocenters. The highest BCUT2D eigenvalue weighted by Gasteiger charge is 2.43. The number of carbonyl (C=O) groups is 5. The van der Waals surface area contributed by atoms with Crippen LogP contribution < -0.4 is 10.7 Å². The number of methoxy groups -OCH3 is 1. The predicted molar refractivity (Wildman–Crippen MR) is 256 cm³/mol. The Morgan fingerprint density at radius 1 is 1.10 bits per heavy atom. The number of aliphatic hydroxyl groups excluding tert-OH is 1. The first-order chi connectivity index (χ1) is 32.0. The van der Waals surface area contributed by atoms with Crippen molar-refractivity contribution in [2.75, 3.05) is 40.5 Å². The Morgan fingerprint density at radius 2 is 1.87 bits per heavy atom. The molecule has 3 aliphatic rings. The fourth-order valence-corrected chi connectivity index (χ4v) is 10.2. The number of benzene rings is 2. The molecule has 2 aromatic heterocycles. The number of aromatic nitrogens is 2. The number of pyridine rings is 1. The first-order valence-corrected chi connectivity index (χ1v) is 23.6. The lowest BCUT2D eigenvalue weighted by Crippen LogP contribution is -2.62. The summed E-state index contributed by atoms with van der Waals surface area (Å²) >= 11 is 0. The number of likely N-dealkylation sites (N-methyl/N-ethyl adjacent to an activating group) is 1. The van der Waals surface area contributed by atoms with E-state index in [-0.39, 0.29) is 56.4 Å². The molecule has 358 valence electrons. The number of hydrazine groups is 1. The van der Waals surface area contributed by atoms with Crippen LogP contribution in [0.5, 0.6) is 0 Å². The van der Waals surface area contributed by atoms with Gasteiger partial charge in [0.15, 0.2) is 0 Å². The average Bonchev–Trinajstić information content (AvgIpc) is 3.90. The lowest BCUT2D eigenvalue weighted by Gasteiger charge is -2.37. The molecule has 0 radical (unpaired) electrons. The highest BCUT2D eigenvalue weighted by atomic mass is 16.5. The van der Waals surface area contributed by atoms with Gasteiger partial charge in [0.1, 0.15) is 18.1 Å². The van der Waals surface area contributed by atoms with E-state index in [1.54, 1.807) is 20.4 Å². The average molecular weight is 918 g/mol. The van der Waals surface area contributed by atoms with Crippen LogP contribution in [0.15, 0.2) is 73.4 Å². The molecule has 6 bridgehead atoms. The largest absolute Gasteiger partial charge is 0.464 e. The Bertz CT molecular complexity index is 2520. The van der Waals surface area contributed by atoms with Gasteiger partial charge in [-0.15, -0.1) is 0 Å². The van der Waals surface area contributed by atoms with Gasteiger partial charge in [0.05, 0.1) is 42.7 Å². The zero-order chi connectivity index (χ0) is 48.3. The van der Waals surface area contributed by atoms with Crippen LogP contribution in [0.3, 0.4) is 0 Å². The number of nitrogens with one attached hydrogen (secondary N) is 2. The Kier molecular flexibility index (Phi) is 15.0. The summed E-state index contributed by atoms with van der Waals surface area (Å²) in [5.74, 6) is -3.13. The number of amides is 4. The van der Waals surface area contributed by atoms with Crippen molar-refractivity contribution in [3.63, 3.8) is 0 Å². The molecule has 0 saturated carbocycles. The van der Waals surface area contributed by atoms with Gasteiger partial charge < -0.3 is 34.3 Å². The van der Waals surface area contributed by atoms with Crippen LogP contribution >= 0.6 is 0 Å². The van der Waals surface area contributed by atoms with Crippen molar-refractivity contribution >= 4 is 40.5 Å². The summed E-state index contributed by atoms with van der Waals surface area (Å²) in [6.07, 6.45) is 4.61. The zero-order valence-corrected chi connectivity index (χ0v) is 40.2. The third-order valence-electron chi connectivity index (χ3n) is 13.7. The Balaban J connectivity index is 1.28. The molecule has 4 aromatic rings. The minimum absolute atomic E-state index is 0.0871. The van der Waals surface area contributed by atoms with Gasteiger partial charge >= 0.3 is 5.97 Å². The molecule has 15 nitrogen and oxygen atoms in total. The van der Waals surface area contributed by atoms with E-state index in [0.29, 0.717) is 32.4 Å². The number of cyclic esters (lactones) is 1. The molecular weight excluding hydrogens is 851 g/mol. The summed E-state index contributed by atoms with van der Waals surface area (Å²) in [4.78, 5) is 77.5. The van der Waals surface area contributed by atoms with Crippen LogP contribution in [-0.2, 0) is 52.8 Å². The van der Waals surface area contributed by atoms with Crippen molar-refractivity contribution in [2.45, 2.75) is 110 Å². The van der Waals surface area contributed by atoms with Gasteiger partial charge in [-0.1, -0.05) is 64.6 Å². The number of rotatable bonds is 11. The number of fused-ring (bicyclic) bond motifs is 6. The minimum atomic E-state index is -1.09. The van der Waals surface area contributed by atoms with Gasteiger partial charge in [-0.2, -0.15) is 0 Å². The third kappa shape index (κ3) is 10.2. The predicted octanol–water partition coefficient (Wildman–Crippen LogP) is 5.62. The van der Waals surface area contributed by atoms with Gasteiger partial charge in [0.2, 0.25) is 17.7 Å². The Labute approximate surface area is 393 Å². The molecule has 0 unspecified atom stereocenters. The summed E-state index contributed by atoms with van der Waals surface area (Å²) < 4.78 is 14.3. The second-order valence-corrected chi connectivity index (χ2v) is 19.4. The van der Waals surface area contributed by atoms with Crippen molar-refractivity contribution in [1.29, 1.82) is 0 Å². The number of nitrogens with zero attached hydrogens (tertiary/aromatic N) is 5. The summed E-state index contributed by atoms with van der Waals surface area (Å²) in [6.45, 7) is 16.4. The van der Waals surface area contributed by atoms with E-state index in [0.717, 1.165) is 56.2 Å². The summed E-state index contributed by atoms with van der Waals surface area (Å²) in [6, 6.07) is 15.1. The number of aryl methyl sites for hydroxylation is 1. The number of esters is 1. The first-order valence-electron chi connectivity index (χ1n) is 23.6. The van der Waals surface area contributed by atoms with Gasteiger partial charge in [-0.3, -0.25) is 34.0 Å². The minimum Gasteiger partial charge on any atom is -0.464 e. The normalized spacial score (nSPS) is 21.9. The number of hydrogen-bond donors (Lipinski definition) is 3. The standard InChI is InChI=1S/C52H67N7O8/c1-10-44(61)58-28-36(25-37(58)29-60)49(63)56(8)46(31(3)4)48(62)54-42-24-33-15-12-16-34(23-33)35-19-20-43-39(26-35)40(47(57(43)11-2)38-17-13-21-53-45(38)32(5)66-9)27-52(6,7)30-67-51(65)41-18-14-22-59(55-41)50(42)64/h10,12-13,15-17,19-21,23,26,31-32,36-37,41-42,46,55,60H,1,11,14,18,22,24-25,27-30H2,2-9H3,(H,54,62)/t32-,36-,37-,41-,42-,46-/m0/s1. The van der Waals surface area contributed by atoms with Gasteiger partial charge in [-0.25, -0.2) is 5.43 Å². The molecule has 0 spiro atoms. The molecule has 2 aromatic carbocycles. The maximum atomic E-state index is 14.7. The van der Waals surface area contributed by atoms with E-state index in [9.17, 15) is 29.1 Å². The lowest BCUT2D eigenvalue weighted by molar-refractivity contribution is -0.155. The van der Waals surface area contributed by atoms with Crippen LogP contribution in [-0.4, -0.2) is 124 Å². The van der Waals surface area contributed by atoms with Gasteiger partial charge in [-0.05, 0) is 98.0 Å². The van der Waals surface area contributed by atoms with Gasteiger partial charge in [0, 0.05) is 68.3 Å². The van der Waals surface area contributed by atoms with Gasteiger partial charge in [0.25, 0.3) is 5.91 Å². The van der Waals surface area contributed by atoms with E-state index < -0.39 is 53.3 Å². The first kappa shape index (κ1) is 49.0. The number of ether oxygens (including phenoxy) is 2. The molecule has 2 fully saturated rings. The van der Waals surface area contributed by atoms with Crippen molar-refractivity contribution < 1.29 is 38.6 Å². The van der Waals surface area contributed by atoms with E-state index in [2.05, 4.69) is 66.9 Å². The van der Waals surface area contributed by atoms with Crippen molar-refractivity contribution in [2.24, 2.45) is 17.3 Å². The lowest BCUT2D eigenvalue weighted by atomic mass is 9.84. The number of carbonyl (C=O) groups excluding carboxylic acids is 5. The highest BCUT2D eigenvalue weighted by Crippen LogP contribution is 2.42. The fourth-order valence-electron chi connectivity index (χ4n) is 10.2. The van der Waals surface area contributed by atoms with E-state index in [1.807, 2.05) is 51.1 Å². The van der Waals surface area contributed by atoms with E-state index in [1.165, 1.54) is 14.8 Å². The smallest absolute Gasteiger partial charge is 0.324 e. The number of hydrogen-bond acceptors (Lipinski definition) is 10. The molecule has 3 aliphatic heterocycles. The van der Waals surface area contributed by atoms with Crippen LogP contribution in [0.4, 0.5) is 0 Å². The van der Waals surface area contributed by atoms with Crippen molar-refractivity contribution in [3.8, 4) is 22.4 Å². The van der Waals surface area contributed by atoms with Crippen LogP contribution in [0.2, 0.25) is 0 Å². The summed E-state index contributed by atoms with van der Waals surface area (Å²) in [7, 11) is 3.25. The zero-order valence-electron chi connectivity index (χ0n) is 40.2. The quantitative estimate of drug-likeness (QED) is 0.127. The van der Waals surface area contributed by atoms with Crippen LogP contribution in [0.1, 0.15) is 83.7 Å². The fraction of sp³-hybridized carbons (Fsp3) is 0.500. The van der Waals surface area contributed by atoms with Crippen molar-refractivity contribution in [3.05, 3.63) is 90.3 Å². The molecule has 3 N–H and O–H groups in total. The molecule has 5 heterocycles. The monoisotopic (exact) mass is 918 g/mol. The molecule has 4 amide bonds. The maximum Gasteiger partial charge on any atom is 0.324 e. The van der Waals surface area contributed by atoms with Crippen molar-refractivity contribution in [1.82, 2.24) is 35.1 Å². The number of aliphatic hydroxyl groups is 1. The summed E-state index contributed by atoms with van der Waals surface area (Å²) in [5.41, 5.74) is 10.3. The molecule has 67 heavy (non-hydrogen) atoms. The second kappa shape index (κ2) is 20.5. The SMILES string of the molecule is C=CC(=O)N1C[C@@H](C(=O)N(C)[C@H](C(=O)N[C@H]2Cc3cccc(c3)-c3ccc4c(c3)c(c(-c3cccnc3[C@H](C)OC)n4CC)CC(C)(C)COC(=O)[C@@H]3CCCN(N3)C2=O)C(C)C)C[C@H]1CO. The molecule has 2 saturated heterocycles. The maximum absolute atomic E-state index is 14.7. The second-order valence-electron chi connectivity index (χ2n) is 19.4. The Morgan fingerprint density at radius 3 is 2.57 bits per heavy atom. The Hall–Kier alpha value is -5.90. The van der Waals surface area contributed by atoms with Crippen LogP contribution in [0, 0.1) is 17.3 Å². The number of likely N-dealkylation sites (tertiary alicyclic amines) is 1. The molecule has 7 rings (SSSR count). The van der Waals surface area contributed by atoms with Crippen LogP contribution in [0.25, 0.3) is 33.3 Å². The molecule has 15 heteroatoms. The van der Waals surface area contributed by atoms with E-state index in [4.69, 9.17) is 14.5 Å².